The van der Waals surface area contributed by atoms with E-state index < -0.39 is 5.66 Å². The summed E-state index contributed by atoms with van der Waals surface area (Å²) in [7, 11) is 0. The first-order valence-electron chi connectivity index (χ1n) is 10.5. The van der Waals surface area contributed by atoms with Gasteiger partial charge in [-0.05, 0) is 56.1 Å². The van der Waals surface area contributed by atoms with E-state index in [0.717, 1.165) is 44.2 Å². The fourth-order valence-corrected chi connectivity index (χ4v) is 6.23. The molecule has 4 atom stereocenters. The maximum absolute atomic E-state index is 13.1. The third kappa shape index (κ3) is 2.66. The molecule has 0 unspecified atom stereocenters. The van der Waals surface area contributed by atoms with Crippen molar-refractivity contribution in [2.24, 2.45) is 17.3 Å². The lowest BCUT2D eigenvalue weighted by Gasteiger charge is -2.60. The third-order valence-corrected chi connectivity index (χ3v) is 7.69. The zero-order valence-corrected chi connectivity index (χ0v) is 16.0. The summed E-state index contributed by atoms with van der Waals surface area (Å²) in [5, 5.41) is 10.3. The Labute approximate surface area is 160 Å². The quantitative estimate of drug-likeness (QED) is 0.750. The highest BCUT2D eigenvalue weighted by Crippen LogP contribution is 2.58. The minimum absolute atomic E-state index is 0.00690. The number of anilines is 1. The minimum atomic E-state index is -0.414. The summed E-state index contributed by atoms with van der Waals surface area (Å²) in [6, 6.07) is 8.10. The number of amides is 2. The van der Waals surface area contributed by atoms with Gasteiger partial charge in [0.25, 0.3) is 5.91 Å². The Morgan fingerprint density at radius 3 is 2.70 bits per heavy atom. The Morgan fingerprint density at radius 2 is 1.93 bits per heavy atom. The summed E-state index contributed by atoms with van der Waals surface area (Å²) in [5.74, 6) is 0.591. The Balaban J connectivity index is 1.39. The lowest BCUT2D eigenvalue weighted by Crippen LogP contribution is -2.70. The number of carbonyl (C=O) groups is 2. The second-order valence-electron chi connectivity index (χ2n) is 9.44. The normalized spacial score (nSPS) is 37.6. The third-order valence-electron chi connectivity index (χ3n) is 7.69. The van der Waals surface area contributed by atoms with Crippen LogP contribution in [-0.4, -0.2) is 23.5 Å². The van der Waals surface area contributed by atoms with E-state index in [4.69, 9.17) is 0 Å². The van der Waals surface area contributed by atoms with Gasteiger partial charge in [-0.2, -0.15) is 0 Å². The van der Waals surface area contributed by atoms with Crippen LogP contribution < -0.4 is 16.0 Å². The second-order valence-corrected chi connectivity index (χ2v) is 9.44. The van der Waals surface area contributed by atoms with Crippen LogP contribution in [0.5, 0.6) is 0 Å². The van der Waals surface area contributed by atoms with Crippen LogP contribution in [0.25, 0.3) is 0 Å². The van der Waals surface area contributed by atoms with Crippen LogP contribution in [0.15, 0.2) is 24.3 Å². The van der Waals surface area contributed by atoms with E-state index in [-0.39, 0.29) is 29.1 Å². The molecule has 1 aromatic rings. The average molecular weight is 367 g/mol. The van der Waals surface area contributed by atoms with Gasteiger partial charge < -0.3 is 16.0 Å². The highest BCUT2D eigenvalue weighted by Gasteiger charge is 2.60. The minimum Gasteiger partial charge on any atom is -0.362 e. The molecule has 0 aromatic heterocycles. The zero-order valence-electron chi connectivity index (χ0n) is 16.0. The molecule has 5 heteroatoms. The molecule has 1 aromatic carbocycles. The van der Waals surface area contributed by atoms with Crippen molar-refractivity contribution in [1.82, 2.24) is 10.6 Å². The molecule has 4 saturated carbocycles. The molecule has 2 amide bonds. The maximum Gasteiger partial charge on any atom is 0.255 e. The van der Waals surface area contributed by atoms with Crippen LogP contribution in [0.2, 0.25) is 0 Å². The van der Waals surface area contributed by atoms with Gasteiger partial charge in [0.15, 0.2) is 0 Å². The highest BCUT2D eigenvalue weighted by molar-refractivity contribution is 6.02. The lowest BCUT2D eigenvalue weighted by atomic mass is 9.51. The molecule has 1 aliphatic heterocycles. The largest absolute Gasteiger partial charge is 0.362 e. The Hall–Kier alpha value is -2.04. The molecule has 6 rings (SSSR count). The molecule has 1 heterocycles. The number of nitrogens with one attached hydrogen (secondary N) is 3. The number of hydrogen-bond donors (Lipinski definition) is 3. The van der Waals surface area contributed by atoms with Crippen LogP contribution in [0, 0.1) is 17.3 Å². The molecule has 0 saturated heterocycles. The number of fused-ring (bicyclic) bond motifs is 3. The lowest BCUT2D eigenvalue weighted by molar-refractivity contribution is -0.140. The van der Waals surface area contributed by atoms with Crippen LogP contribution in [0.3, 0.4) is 0 Å². The molecule has 0 radical (unpaired) electrons. The van der Waals surface area contributed by atoms with Crippen molar-refractivity contribution in [1.29, 1.82) is 0 Å². The van der Waals surface area contributed by atoms with Crippen molar-refractivity contribution in [2.75, 3.05) is 5.32 Å². The van der Waals surface area contributed by atoms with Crippen molar-refractivity contribution in [3.63, 3.8) is 0 Å². The SMILES string of the molecule is C[C@]12CC[C@@H](C[C@@H]1C(=O)NC1CCCC1)[C@]1(C2)NC(=O)c2ccccc2N1. The molecule has 27 heavy (non-hydrogen) atoms. The van der Waals surface area contributed by atoms with Gasteiger partial charge >= 0.3 is 0 Å². The average Bonchev–Trinajstić information content (AvgIpc) is 3.14. The van der Waals surface area contributed by atoms with Crippen LogP contribution in [0.1, 0.15) is 68.6 Å². The monoisotopic (exact) mass is 367 g/mol. The van der Waals surface area contributed by atoms with Crippen LogP contribution >= 0.6 is 0 Å². The Bertz CT molecular complexity index is 788. The molecule has 3 N–H and O–H groups in total. The molecular weight excluding hydrogens is 338 g/mol. The first-order valence-corrected chi connectivity index (χ1v) is 10.5. The van der Waals surface area contributed by atoms with Crippen molar-refractivity contribution >= 4 is 17.5 Å². The molecule has 1 spiro atoms. The predicted molar refractivity (Wildman–Crippen MR) is 104 cm³/mol. The maximum atomic E-state index is 13.1. The Morgan fingerprint density at radius 1 is 1.15 bits per heavy atom. The van der Waals surface area contributed by atoms with Crippen molar-refractivity contribution in [2.45, 2.75) is 70.0 Å². The van der Waals surface area contributed by atoms with Crippen LogP contribution in [-0.2, 0) is 4.79 Å². The molecule has 4 aliphatic carbocycles. The second kappa shape index (κ2) is 5.98. The number of carbonyl (C=O) groups excluding carboxylic acids is 2. The summed E-state index contributed by atoms with van der Waals surface area (Å²) in [4.78, 5) is 25.8. The fraction of sp³-hybridized carbons (Fsp3) is 0.636. The highest BCUT2D eigenvalue weighted by atomic mass is 16.2. The summed E-state index contributed by atoms with van der Waals surface area (Å²) in [5.41, 5.74) is 1.14. The van der Waals surface area contributed by atoms with Gasteiger partial charge in [-0.15, -0.1) is 0 Å². The molecule has 2 bridgehead atoms. The molecular formula is C22H29N3O2. The van der Waals surface area contributed by atoms with E-state index in [9.17, 15) is 9.59 Å². The summed E-state index contributed by atoms with van der Waals surface area (Å²) >= 11 is 0. The molecule has 5 aliphatic rings. The smallest absolute Gasteiger partial charge is 0.255 e. The number of rotatable bonds is 2. The van der Waals surface area contributed by atoms with Gasteiger partial charge in [-0.25, -0.2) is 0 Å². The topological polar surface area (TPSA) is 70.2 Å². The van der Waals surface area contributed by atoms with E-state index in [1.165, 1.54) is 12.8 Å². The van der Waals surface area contributed by atoms with Gasteiger partial charge in [-0.3, -0.25) is 9.59 Å². The van der Waals surface area contributed by atoms with Crippen molar-refractivity contribution in [3.8, 4) is 0 Å². The van der Waals surface area contributed by atoms with E-state index in [2.05, 4.69) is 22.9 Å². The van der Waals surface area contributed by atoms with E-state index in [1.807, 2.05) is 24.3 Å². The Kier molecular flexibility index (Phi) is 3.78. The summed E-state index contributed by atoms with van der Waals surface area (Å²) < 4.78 is 0. The molecule has 144 valence electrons. The van der Waals surface area contributed by atoms with E-state index >= 15 is 0 Å². The fourth-order valence-electron chi connectivity index (χ4n) is 6.23. The van der Waals surface area contributed by atoms with Crippen LogP contribution in [0.4, 0.5) is 5.69 Å². The molecule has 4 fully saturated rings. The van der Waals surface area contributed by atoms with Gasteiger partial charge in [0.05, 0.1) is 5.56 Å². The number of hydrogen-bond acceptors (Lipinski definition) is 3. The number of benzene rings is 1. The zero-order chi connectivity index (χ0) is 18.6. The van der Waals surface area contributed by atoms with Gasteiger partial charge in [-0.1, -0.05) is 31.9 Å². The van der Waals surface area contributed by atoms with Gasteiger partial charge in [0, 0.05) is 23.6 Å². The predicted octanol–water partition coefficient (Wildman–Crippen LogP) is 3.42. The standard InChI is InChI=1S/C22H29N3O2/c1-21-11-10-14(12-17(21)20(27)23-15-6-2-3-7-15)22(13-21)24-18-9-5-4-8-16(18)19(26)25-22/h4-5,8-9,14-15,17,24H,2-3,6-7,10-13H2,1H3,(H,23,27)(H,25,26)/t14-,17+,21+,22-/m0/s1. The number of para-hydroxylation sites is 1. The van der Waals surface area contributed by atoms with Crippen molar-refractivity contribution in [3.05, 3.63) is 29.8 Å². The summed E-state index contributed by atoms with van der Waals surface area (Å²) in [6.07, 6.45) is 8.48. The first-order chi connectivity index (χ1) is 13.0. The van der Waals surface area contributed by atoms with E-state index in [1.54, 1.807) is 0 Å². The summed E-state index contributed by atoms with van der Waals surface area (Å²) in [6.45, 7) is 2.25. The van der Waals surface area contributed by atoms with Gasteiger partial charge in [0.2, 0.25) is 5.91 Å². The molecule has 5 nitrogen and oxygen atoms in total. The first kappa shape index (κ1) is 17.1. The van der Waals surface area contributed by atoms with Crippen molar-refractivity contribution < 1.29 is 9.59 Å². The van der Waals surface area contributed by atoms with Gasteiger partial charge in [0.1, 0.15) is 5.66 Å². The van der Waals surface area contributed by atoms with E-state index in [0.29, 0.717) is 11.6 Å².